The first-order valence-electron chi connectivity index (χ1n) is 11.4. The lowest BCUT2D eigenvalue weighted by Gasteiger charge is -2.49. The van der Waals surface area contributed by atoms with Crippen LogP contribution < -0.4 is 5.32 Å². The van der Waals surface area contributed by atoms with Crippen LogP contribution in [0.4, 0.5) is 13.2 Å². The number of piperidine rings is 3. The number of amides is 1. The molecule has 3 aliphatic heterocycles. The summed E-state index contributed by atoms with van der Waals surface area (Å²) in [6.45, 7) is 4.27. The van der Waals surface area contributed by atoms with Crippen LogP contribution in [0.2, 0.25) is 0 Å². The quantitative estimate of drug-likeness (QED) is 0.543. The summed E-state index contributed by atoms with van der Waals surface area (Å²) in [5, 5.41) is 4.96. The number of nitrogens with one attached hydrogen (secondary N) is 1. The lowest BCUT2D eigenvalue weighted by molar-refractivity contribution is -0.137. The minimum absolute atomic E-state index is 0.216. The van der Waals surface area contributed by atoms with Crippen molar-refractivity contribution in [2.45, 2.75) is 37.9 Å². The molecule has 0 aliphatic carbocycles. The van der Waals surface area contributed by atoms with Crippen molar-refractivity contribution < 1.29 is 18.0 Å². The van der Waals surface area contributed by atoms with Crippen LogP contribution in [0, 0.1) is 12.8 Å². The summed E-state index contributed by atoms with van der Waals surface area (Å²) < 4.78 is 38.3. The summed E-state index contributed by atoms with van der Waals surface area (Å²) in [5.74, 6) is 1.23. The summed E-state index contributed by atoms with van der Waals surface area (Å²) in [7, 11) is 0. The second-order valence-electron chi connectivity index (χ2n) is 9.03. The average Bonchev–Trinajstić information content (AvgIpc) is 3.37. The number of fused-ring (bicyclic) bond motifs is 3. The molecule has 1 unspecified atom stereocenters. The van der Waals surface area contributed by atoms with Gasteiger partial charge in [-0.3, -0.25) is 9.69 Å². The van der Waals surface area contributed by atoms with Crippen LogP contribution >= 0.6 is 11.3 Å². The number of aryl methyl sites for hydroxylation is 1. The van der Waals surface area contributed by atoms with Crippen LogP contribution in [0.1, 0.15) is 46.2 Å². The lowest BCUT2D eigenvalue weighted by atomic mass is 9.74. The maximum Gasteiger partial charge on any atom is 0.416 e. The molecule has 0 radical (unpaired) electrons. The van der Waals surface area contributed by atoms with Gasteiger partial charge in [-0.1, -0.05) is 6.07 Å². The minimum atomic E-state index is -4.41. The molecule has 0 spiro atoms. The molecule has 1 aromatic carbocycles. The predicted molar refractivity (Wildman–Crippen MR) is 125 cm³/mol. The normalized spacial score (nSPS) is 24.2. The fraction of sp³-hybridized carbons (Fsp3) is 0.400. The van der Waals surface area contributed by atoms with Gasteiger partial charge in [-0.2, -0.15) is 13.2 Å². The number of rotatable bonds is 5. The number of carbonyl (C=O) groups excluding carboxylic acids is 1. The summed E-state index contributed by atoms with van der Waals surface area (Å²) in [4.78, 5) is 25.4. The van der Waals surface area contributed by atoms with E-state index in [4.69, 9.17) is 4.98 Å². The van der Waals surface area contributed by atoms with E-state index in [1.54, 1.807) is 11.3 Å². The van der Waals surface area contributed by atoms with Gasteiger partial charge >= 0.3 is 6.18 Å². The van der Waals surface area contributed by atoms with Crippen LogP contribution in [-0.2, 0) is 6.18 Å². The van der Waals surface area contributed by atoms with Crippen molar-refractivity contribution in [3.63, 3.8) is 0 Å². The minimum Gasteiger partial charge on any atom is -0.350 e. The molecule has 34 heavy (non-hydrogen) atoms. The lowest BCUT2D eigenvalue weighted by Crippen LogP contribution is -2.56. The predicted octanol–water partition coefficient (Wildman–Crippen LogP) is 5.14. The molecule has 4 atom stereocenters. The second kappa shape index (κ2) is 9.11. The van der Waals surface area contributed by atoms with Gasteiger partial charge in [-0.25, -0.2) is 9.97 Å². The average molecular weight is 487 g/mol. The van der Waals surface area contributed by atoms with Gasteiger partial charge in [0.05, 0.1) is 16.1 Å². The molecule has 1 N–H and O–H groups in total. The van der Waals surface area contributed by atoms with E-state index in [0.717, 1.165) is 60.2 Å². The molecule has 3 aromatic rings. The Balaban J connectivity index is 1.23. The van der Waals surface area contributed by atoms with Crippen molar-refractivity contribution in [1.82, 2.24) is 20.2 Å². The fourth-order valence-corrected chi connectivity index (χ4v) is 5.83. The zero-order valence-corrected chi connectivity index (χ0v) is 19.5. The highest BCUT2D eigenvalue weighted by atomic mass is 32.1. The Labute approximate surface area is 200 Å². The number of hydrogen-bond acceptors (Lipinski definition) is 5. The van der Waals surface area contributed by atoms with E-state index in [9.17, 15) is 18.0 Å². The van der Waals surface area contributed by atoms with Crippen molar-refractivity contribution in [1.29, 1.82) is 0 Å². The number of carbonyl (C=O) groups is 1. The first kappa shape index (κ1) is 23.0. The van der Waals surface area contributed by atoms with Gasteiger partial charge in [-0.05, 0) is 74.0 Å². The first-order valence-corrected chi connectivity index (χ1v) is 12.2. The van der Waals surface area contributed by atoms with Gasteiger partial charge in [0.2, 0.25) is 0 Å². The van der Waals surface area contributed by atoms with Crippen molar-refractivity contribution in [2.75, 3.05) is 19.6 Å². The Morgan fingerprint density at radius 1 is 1.21 bits per heavy atom. The van der Waals surface area contributed by atoms with Gasteiger partial charge < -0.3 is 5.32 Å². The maximum atomic E-state index is 12.8. The summed E-state index contributed by atoms with van der Waals surface area (Å²) in [6, 6.07) is 10.8. The fourth-order valence-electron chi connectivity index (χ4n) is 5.14. The van der Waals surface area contributed by atoms with Crippen LogP contribution in [0.3, 0.4) is 0 Å². The number of aromatic nitrogens is 2. The van der Waals surface area contributed by atoms with E-state index >= 15 is 0 Å². The monoisotopic (exact) mass is 486 g/mol. The van der Waals surface area contributed by atoms with Crippen molar-refractivity contribution >= 4 is 17.2 Å². The molecule has 3 aliphatic rings. The van der Waals surface area contributed by atoms with Crippen LogP contribution in [0.15, 0.2) is 47.8 Å². The molecule has 6 rings (SSSR count). The van der Waals surface area contributed by atoms with Gasteiger partial charge in [0.15, 0.2) is 0 Å². The van der Waals surface area contributed by atoms with E-state index in [1.807, 2.05) is 18.4 Å². The molecule has 5 heterocycles. The first-order chi connectivity index (χ1) is 16.3. The smallest absolute Gasteiger partial charge is 0.350 e. The third-order valence-electron chi connectivity index (χ3n) is 6.86. The Hall–Kier alpha value is -2.78. The van der Waals surface area contributed by atoms with Gasteiger partial charge in [0, 0.05) is 36.3 Å². The standard InChI is InChI=1S/C25H25F3N4OS/c1-15-30-21(12-22(31-15)23-3-2-10-34-23)20-14-32-9-8-17(20)11-19(32)13-29-24(33)16-4-6-18(7-5-16)25(26,27)28/h2-7,10,12,17,19-20H,8-9,11,13-14H2,1H3,(H,29,33)/t17-,19+,20-/m0/s1. The maximum absolute atomic E-state index is 12.8. The molecule has 178 valence electrons. The van der Waals surface area contributed by atoms with E-state index < -0.39 is 11.7 Å². The van der Waals surface area contributed by atoms with Crippen LogP contribution in [-0.4, -0.2) is 46.5 Å². The zero-order valence-electron chi connectivity index (χ0n) is 18.7. The molecular formula is C25H25F3N4OS. The van der Waals surface area contributed by atoms with Crippen LogP contribution in [0.25, 0.3) is 10.6 Å². The number of hydrogen-bond donors (Lipinski definition) is 1. The highest BCUT2D eigenvalue weighted by Crippen LogP contribution is 2.42. The Morgan fingerprint density at radius 3 is 2.65 bits per heavy atom. The molecule has 2 bridgehead atoms. The van der Waals surface area contributed by atoms with Crippen molar-refractivity contribution in [2.24, 2.45) is 5.92 Å². The number of thiophene rings is 1. The molecule has 0 saturated carbocycles. The van der Waals surface area contributed by atoms with E-state index in [-0.39, 0.29) is 17.5 Å². The number of halogens is 3. The van der Waals surface area contributed by atoms with Crippen LogP contribution in [0.5, 0.6) is 0 Å². The third-order valence-corrected chi connectivity index (χ3v) is 7.75. The summed E-state index contributed by atoms with van der Waals surface area (Å²) >= 11 is 1.67. The molecule has 3 fully saturated rings. The molecular weight excluding hydrogens is 461 g/mol. The van der Waals surface area contributed by atoms with Crippen molar-refractivity contribution in [3.8, 4) is 10.6 Å². The van der Waals surface area contributed by atoms with Gasteiger partial charge in [-0.15, -0.1) is 11.3 Å². The van der Waals surface area contributed by atoms with E-state index in [0.29, 0.717) is 18.4 Å². The molecule has 3 saturated heterocycles. The van der Waals surface area contributed by atoms with E-state index in [2.05, 4.69) is 27.3 Å². The molecule has 9 heteroatoms. The van der Waals surface area contributed by atoms with Gasteiger partial charge in [0.1, 0.15) is 5.82 Å². The number of alkyl halides is 3. The topological polar surface area (TPSA) is 58.1 Å². The zero-order chi connectivity index (χ0) is 23.9. The molecule has 2 aromatic heterocycles. The summed E-state index contributed by atoms with van der Waals surface area (Å²) in [6.07, 6.45) is -2.37. The largest absolute Gasteiger partial charge is 0.416 e. The molecule has 5 nitrogen and oxygen atoms in total. The Bertz CT molecular complexity index is 1160. The Kier molecular flexibility index (Phi) is 6.16. The second-order valence-corrected chi connectivity index (χ2v) is 9.98. The molecule has 1 amide bonds. The number of benzene rings is 1. The SMILES string of the molecule is Cc1nc(-c2cccs2)cc([C@H]2CN3CC[C@H]2C[C@@H]3CNC(=O)c2ccc(C(F)(F)F)cc2)n1. The number of nitrogens with zero attached hydrogens (tertiary/aromatic N) is 3. The van der Waals surface area contributed by atoms with E-state index in [1.165, 1.54) is 12.1 Å². The third kappa shape index (κ3) is 4.72. The van der Waals surface area contributed by atoms with Gasteiger partial charge in [0.25, 0.3) is 5.91 Å². The van der Waals surface area contributed by atoms with Crippen molar-refractivity contribution in [3.05, 3.63) is 70.5 Å². The highest BCUT2D eigenvalue weighted by molar-refractivity contribution is 7.13. The Morgan fingerprint density at radius 2 is 2.00 bits per heavy atom. The summed E-state index contributed by atoms with van der Waals surface area (Å²) in [5.41, 5.74) is 1.53. The highest BCUT2D eigenvalue weighted by Gasteiger charge is 2.41.